The molecule has 1 N–H and O–H groups in total. The SMILES string of the molecule is Cc1cc(N=Nc2cc3ccccc3cc2C(=O)Oc2ccc(F)cc2)cc(C)c1O. The fourth-order valence-corrected chi connectivity index (χ4v) is 3.24. The van der Waals surface area contributed by atoms with Crippen LogP contribution in [-0.4, -0.2) is 11.1 Å². The molecule has 0 aliphatic rings. The van der Waals surface area contributed by atoms with Gasteiger partial charge < -0.3 is 9.84 Å². The smallest absolute Gasteiger partial charge is 0.345 e. The van der Waals surface area contributed by atoms with E-state index in [0.717, 1.165) is 10.8 Å². The number of esters is 1. The van der Waals surface area contributed by atoms with Crippen molar-refractivity contribution >= 4 is 28.1 Å². The van der Waals surface area contributed by atoms with Gasteiger partial charge in [-0.15, -0.1) is 5.11 Å². The number of aromatic hydroxyl groups is 1. The third-order valence-electron chi connectivity index (χ3n) is 4.86. The number of phenolic OH excluding ortho intramolecular Hbond substituents is 1. The molecule has 4 rings (SSSR count). The number of aryl methyl sites for hydroxylation is 2. The minimum absolute atomic E-state index is 0.216. The first-order valence-electron chi connectivity index (χ1n) is 9.63. The lowest BCUT2D eigenvalue weighted by Crippen LogP contribution is -2.08. The lowest BCUT2D eigenvalue weighted by Gasteiger charge is -2.09. The van der Waals surface area contributed by atoms with E-state index >= 15 is 0 Å². The van der Waals surface area contributed by atoms with E-state index in [2.05, 4.69) is 10.2 Å². The van der Waals surface area contributed by atoms with Crippen LogP contribution in [-0.2, 0) is 0 Å². The fourth-order valence-electron chi connectivity index (χ4n) is 3.24. The van der Waals surface area contributed by atoms with E-state index in [1.54, 1.807) is 38.1 Å². The second kappa shape index (κ2) is 8.36. The minimum Gasteiger partial charge on any atom is -0.507 e. The van der Waals surface area contributed by atoms with Gasteiger partial charge in [-0.25, -0.2) is 9.18 Å². The van der Waals surface area contributed by atoms with E-state index in [1.807, 2.05) is 24.3 Å². The van der Waals surface area contributed by atoms with E-state index in [9.17, 15) is 14.3 Å². The van der Waals surface area contributed by atoms with E-state index in [0.29, 0.717) is 22.5 Å². The summed E-state index contributed by atoms with van der Waals surface area (Å²) in [6.07, 6.45) is 0. The predicted octanol–water partition coefficient (Wildman–Crippen LogP) is 6.94. The van der Waals surface area contributed by atoms with Crippen LogP contribution in [0.1, 0.15) is 21.5 Å². The molecule has 0 bridgehead atoms. The van der Waals surface area contributed by atoms with Gasteiger partial charge in [0, 0.05) is 0 Å². The maximum atomic E-state index is 13.1. The molecular formula is C25H19FN2O3. The molecule has 0 saturated carbocycles. The predicted molar refractivity (Wildman–Crippen MR) is 117 cm³/mol. The van der Waals surface area contributed by atoms with Gasteiger partial charge in [0.25, 0.3) is 0 Å². The molecule has 0 aromatic heterocycles. The van der Waals surface area contributed by atoms with E-state index < -0.39 is 11.8 Å². The molecule has 0 spiro atoms. The Morgan fingerprint density at radius 2 is 1.48 bits per heavy atom. The summed E-state index contributed by atoms with van der Waals surface area (Å²) in [7, 11) is 0. The number of ether oxygens (including phenoxy) is 1. The average Bonchev–Trinajstić information content (AvgIpc) is 2.76. The first-order valence-corrected chi connectivity index (χ1v) is 9.63. The number of hydrogen-bond donors (Lipinski definition) is 1. The summed E-state index contributed by atoms with van der Waals surface area (Å²) < 4.78 is 18.6. The number of carbonyl (C=O) groups is 1. The summed E-state index contributed by atoms with van der Waals surface area (Å²) in [6, 6.07) is 19.7. The zero-order valence-corrected chi connectivity index (χ0v) is 17.0. The number of hydrogen-bond acceptors (Lipinski definition) is 5. The number of phenols is 1. The summed E-state index contributed by atoms with van der Waals surface area (Å²) in [5.74, 6) is -0.593. The van der Waals surface area contributed by atoms with Crippen LogP contribution in [0, 0.1) is 19.7 Å². The van der Waals surface area contributed by atoms with Crippen LogP contribution in [0.2, 0.25) is 0 Å². The number of carbonyl (C=O) groups excluding carboxylic acids is 1. The van der Waals surface area contributed by atoms with E-state index in [1.165, 1.54) is 24.3 Å². The quantitative estimate of drug-likeness (QED) is 0.223. The summed E-state index contributed by atoms with van der Waals surface area (Å²) in [5.41, 5.74) is 2.50. The van der Waals surface area contributed by atoms with Crippen LogP contribution in [0.15, 0.2) is 83.0 Å². The fraction of sp³-hybridized carbons (Fsp3) is 0.0800. The Morgan fingerprint density at radius 1 is 0.871 bits per heavy atom. The van der Waals surface area contributed by atoms with Gasteiger partial charge >= 0.3 is 5.97 Å². The van der Waals surface area contributed by atoms with Crippen molar-refractivity contribution in [3.05, 3.63) is 95.3 Å². The molecule has 0 aliphatic carbocycles. The second-order valence-corrected chi connectivity index (χ2v) is 7.19. The molecule has 5 nitrogen and oxygen atoms in total. The molecule has 0 fully saturated rings. The van der Waals surface area contributed by atoms with Crippen LogP contribution >= 0.6 is 0 Å². The van der Waals surface area contributed by atoms with Crippen LogP contribution in [0.25, 0.3) is 10.8 Å². The molecule has 0 radical (unpaired) electrons. The van der Waals surface area contributed by atoms with Gasteiger partial charge in [0.05, 0.1) is 11.3 Å². The van der Waals surface area contributed by atoms with Gasteiger partial charge in [-0.3, -0.25) is 0 Å². The molecule has 4 aromatic carbocycles. The Hall–Kier alpha value is -4.06. The molecule has 0 unspecified atom stereocenters. The van der Waals surface area contributed by atoms with Crippen molar-refractivity contribution in [1.82, 2.24) is 0 Å². The molecule has 0 aliphatic heterocycles. The van der Waals surface area contributed by atoms with E-state index in [-0.39, 0.29) is 17.1 Å². The first kappa shape index (κ1) is 20.2. The summed E-state index contributed by atoms with van der Waals surface area (Å²) >= 11 is 0. The number of nitrogens with zero attached hydrogens (tertiary/aromatic N) is 2. The Bertz CT molecular complexity index is 1290. The van der Waals surface area contributed by atoms with Crippen molar-refractivity contribution in [2.75, 3.05) is 0 Å². The number of benzene rings is 4. The molecule has 31 heavy (non-hydrogen) atoms. The molecule has 0 saturated heterocycles. The molecule has 154 valence electrons. The van der Waals surface area contributed by atoms with E-state index in [4.69, 9.17) is 4.74 Å². The maximum absolute atomic E-state index is 13.1. The Labute approximate surface area is 178 Å². The maximum Gasteiger partial charge on any atom is 0.345 e. The summed E-state index contributed by atoms with van der Waals surface area (Å²) in [5, 5.41) is 20.3. The molecule has 0 heterocycles. The zero-order valence-electron chi connectivity index (χ0n) is 17.0. The summed E-state index contributed by atoms with van der Waals surface area (Å²) in [4.78, 5) is 12.9. The van der Waals surface area contributed by atoms with Gasteiger partial charge in [-0.2, -0.15) is 5.11 Å². The normalized spacial score (nSPS) is 11.2. The van der Waals surface area contributed by atoms with Crippen molar-refractivity contribution in [2.45, 2.75) is 13.8 Å². The number of halogens is 1. The van der Waals surface area contributed by atoms with Gasteiger partial charge in [0.15, 0.2) is 0 Å². The number of fused-ring (bicyclic) bond motifs is 1. The molecule has 0 amide bonds. The van der Waals surface area contributed by atoms with Gasteiger partial charge in [-0.05, 0) is 84.3 Å². The van der Waals surface area contributed by atoms with Crippen LogP contribution in [0.4, 0.5) is 15.8 Å². The summed E-state index contributed by atoms with van der Waals surface area (Å²) in [6.45, 7) is 3.56. The standard InChI is InChI=1S/C25H19FN2O3/c1-15-11-20(12-16(2)24(15)29)27-28-23-14-18-6-4-3-5-17(18)13-22(23)25(30)31-21-9-7-19(26)8-10-21/h3-14,29H,1-2H3. The van der Waals surface area contributed by atoms with Crippen LogP contribution in [0.3, 0.4) is 0 Å². The highest BCUT2D eigenvalue weighted by molar-refractivity contribution is 6.01. The third kappa shape index (κ3) is 4.43. The van der Waals surface area contributed by atoms with Gasteiger partial charge in [0.2, 0.25) is 0 Å². The average molecular weight is 414 g/mol. The van der Waals surface area contributed by atoms with Crippen LogP contribution < -0.4 is 4.74 Å². The number of rotatable bonds is 4. The largest absolute Gasteiger partial charge is 0.507 e. The Balaban J connectivity index is 1.74. The van der Waals surface area contributed by atoms with Crippen molar-refractivity contribution in [3.8, 4) is 11.5 Å². The lowest BCUT2D eigenvalue weighted by molar-refractivity contribution is 0.0735. The van der Waals surface area contributed by atoms with Gasteiger partial charge in [0.1, 0.15) is 23.0 Å². The first-order chi connectivity index (χ1) is 14.9. The van der Waals surface area contributed by atoms with Crippen molar-refractivity contribution < 1.29 is 19.0 Å². The van der Waals surface area contributed by atoms with Gasteiger partial charge in [-0.1, -0.05) is 24.3 Å². The molecule has 4 aromatic rings. The highest BCUT2D eigenvalue weighted by Crippen LogP contribution is 2.31. The van der Waals surface area contributed by atoms with Crippen molar-refractivity contribution in [1.29, 1.82) is 0 Å². The van der Waals surface area contributed by atoms with Crippen molar-refractivity contribution in [3.63, 3.8) is 0 Å². The van der Waals surface area contributed by atoms with Crippen LogP contribution in [0.5, 0.6) is 11.5 Å². The van der Waals surface area contributed by atoms with Crippen molar-refractivity contribution in [2.24, 2.45) is 10.2 Å². The third-order valence-corrected chi connectivity index (χ3v) is 4.86. The number of azo groups is 1. The Morgan fingerprint density at radius 3 is 2.13 bits per heavy atom. The molecule has 6 heteroatoms. The highest BCUT2D eigenvalue weighted by Gasteiger charge is 2.16. The molecular weight excluding hydrogens is 395 g/mol. The highest BCUT2D eigenvalue weighted by atomic mass is 19.1. The monoisotopic (exact) mass is 414 g/mol. The zero-order chi connectivity index (χ0) is 22.0. The topological polar surface area (TPSA) is 71.2 Å². The lowest BCUT2D eigenvalue weighted by atomic mass is 10.1. The minimum atomic E-state index is -0.621. The Kier molecular flexibility index (Phi) is 5.45. The second-order valence-electron chi connectivity index (χ2n) is 7.19. The molecule has 0 atom stereocenters.